The van der Waals surface area contributed by atoms with Crippen LogP contribution >= 0.6 is 0 Å². The molecule has 0 aliphatic heterocycles. The molecule has 0 spiro atoms. The Morgan fingerprint density at radius 3 is 1.80 bits per heavy atom. The first-order chi connectivity index (χ1) is 12.2. The summed E-state index contributed by atoms with van der Waals surface area (Å²) >= 11 is 0. The minimum atomic E-state index is -0.130. The van der Waals surface area contributed by atoms with Crippen molar-refractivity contribution in [3.05, 3.63) is 0 Å². The van der Waals surface area contributed by atoms with Gasteiger partial charge in [0.25, 0.3) is 0 Å². The lowest BCUT2D eigenvalue weighted by Crippen LogP contribution is -2.15. The topological polar surface area (TPSA) is 63.2 Å². The van der Waals surface area contributed by atoms with E-state index >= 15 is 0 Å². The molecular weight excluding hydrogens is 324 g/mol. The standard InChI is InChI=1S/C19H38O6/c1-4-5-6-7-8-9-19(20)25-17-15-23-13-11-21-10-12-22-14-16-24-18(2)3/h18H,4-17H2,1-3H3. The Morgan fingerprint density at radius 2 is 1.24 bits per heavy atom. The third-order valence-electron chi connectivity index (χ3n) is 3.40. The van der Waals surface area contributed by atoms with E-state index in [4.69, 9.17) is 23.7 Å². The van der Waals surface area contributed by atoms with E-state index in [1.165, 1.54) is 19.3 Å². The molecule has 6 heteroatoms. The molecule has 0 atom stereocenters. The van der Waals surface area contributed by atoms with Gasteiger partial charge in [-0.1, -0.05) is 32.6 Å². The van der Waals surface area contributed by atoms with Crippen LogP contribution in [0.1, 0.15) is 59.3 Å². The number of esters is 1. The predicted molar refractivity (Wildman–Crippen MR) is 97.9 cm³/mol. The fourth-order valence-electron chi connectivity index (χ4n) is 2.04. The molecule has 150 valence electrons. The van der Waals surface area contributed by atoms with Crippen LogP contribution in [0.5, 0.6) is 0 Å². The maximum Gasteiger partial charge on any atom is 0.305 e. The molecule has 0 fully saturated rings. The van der Waals surface area contributed by atoms with Crippen molar-refractivity contribution >= 4 is 5.97 Å². The Bertz CT molecular complexity index is 283. The van der Waals surface area contributed by atoms with Crippen LogP contribution in [0, 0.1) is 0 Å². The largest absolute Gasteiger partial charge is 0.463 e. The molecule has 0 bridgehead atoms. The molecule has 0 aromatic rings. The van der Waals surface area contributed by atoms with Crippen LogP contribution in [0.15, 0.2) is 0 Å². The maximum absolute atomic E-state index is 11.5. The third-order valence-corrected chi connectivity index (χ3v) is 3.40. The summed E-state index contributed by atoms with van der Waals surface area (Å²) in [5.74, 6) is -0.130. The van der Waals surface area contributed by atoms with Crippen molar-refractivity contribution in [2.75, 3.05) is 52.9 Å². The van der Waals surface area contributed by atoms with E-state index in [9.17, 15) is 4.79 Å². The molecule has 6 nitrogen and oxygen atoms in total. The van der Waals surface area contributed by atoms with Gasteiger partial charge in [-0.3, -0.25) is 4.79 Å². The molecule has 0 aromatic carbocycles. The zero-order valence-electron chi connectivity index (χ0n) is 16.4. The van der Waals surface area contributed by atoms with Gasteiger partial charge in [-0.15, -0.1) is 0 Å². The molecule has 0 aliphatic carbocycles. The molecule has 0 rings (SSSR count). The summed E-state index contributed by atoms with van der Waals surface area (Å²) in [6, 6.07) is 0. The molecule has 0 saturated carbocycles. The van der Waals surface area contributed by atoms with Crippen molar-refractivity contribution < 1.29 is 28.5 Å². The minimum absolute atomic E-state index is 0.130. The number of carbonyl (C=O) groups is 1. The first-order valence-corrected chi connectivity index (χ1v) is 9.67. The van der Waals surface area contributed by atoms with E-state index in [0.717, 1.165) is 12.8 Å². The normalized spacial score (nSPS) is 11.2. The highest BCUT2D eigenvalue weighted by Gasteiger charge is 2.02. The molecule has 0 heterocycles. The van der Waals surface area contributed by atoms with Gasteiger partial charge in [0.15, 0.2) is 0 Å². The summed E-state index contributed by atoms with van der Waals surface area (Å²) in [4.78, 5) is 11.5. The second-order valence-corrected chi connectivity index (χ2v) is 6.14. The first-order valence-electron chi connectivity index (χ1n) is 9.67. The zero-order valence-corrected chi connectivity index (χ0v) is 16.4. The van der Waals surface area contributed by atoms with Crippen LogP contribution in [0.4, 0.5) is 0 Å². The Hall–Kier alpha value is -0.690. The van der Waals surface area contributed by atoms with Crippen LogP contribution in [-0.2, 0) is 28.5 Å². The van der Waals surface area contributed by atoms with Gasteiger partial charge in [0.05, 0.1) is 52.4 Å². The molecule has 0 N–H and O–H groups in total. The fourth-order valence-corrected chi connectivity index (χ4v) is 2.04. The molecule has 0 aliphatic rings. The Balaban J connectivity index is 3.12. The molecule has 0 saturated heterocycles. The SMILES string of the molecule is CCCCCCCC(=O)OCCOCCOCCOCCOC(C)C. The van der Waals surface area contributed by atoms with Gasteiger partial charge < -0.3 is 23.7 Å². The van der Waals surface area contributed by atoms with Gasteiger partial charge in [0.2, 0.25) is 0 Å². The number of carbonyl (C=O) groups excluding carboxylic acids is 1. The molecule has 0 aromatic heterocycles. The van der Waals surface area contributed by atoms with Gasteiger partial charge in [0.1, 0.15) is 6.61 Å². The second kappa shape index (κ2) is 19.6. The predicted octanol–water partition coefficient (Wildman–Crippen LogP) is 3.36. The summed E-state index contributed by atoms with van der Waals surface area (Å²) in [6.07, 6.45) is 6.42. The van der Waals surface area contributed by atoms with Crippen LogP contribution in [0.25, 0.3) is 0 Å². The minimum Gasteiger partial charge on any atom is -0.463 e. The molecule has 0 unspecified atom stereocenters. The summed E-state index contributed by atoms with van der Waals surface area (Å²) in [6.45, 7) is 10.2. The average molecular weight is 363 g/mol. The van der Waals surface area contributed by atoms with Gasteiger partial charge >= 0.3 is 5.97 Å². The van der Waals surface area contributed by atoms with Gasteiger partial charge in [-0.2, -0.15) is 0 Å². The molecule has 0 radical (unpaired) electrons. The third kappa shape index (κ3) is 21.3. The van der Waals surface area contributed by atoms with Crippen molar-refractivity contribution in [3.8, 4) is 0 Å². The van der Waals surface area contributed by atoms with Crippen molar-refractivity contribution in [1.82, 2.24) is 0 Å². The van der Waals surface area contributed by atoms with E-state index < -0.39 is 0 Å². The molecule has 0 amide bonds. The number of ether oxygens (including phenoxy) is 5. The van der Waals surface area contributed by atoms with E-state index in [-0.39, 0.29) is 12.1 Å². The molecular formula is C19H38O6. The maximum atomic E-state index is 11.5. The summed E-state index contributed by atoms with van der Waals surface area (Å²) in [5, 5.41) is 0. The van der Waals surface area contributed by atoms with Crippen molar-refractivity contribution in [2.45, 2.75) is 65.4 Å². The fraction of sp³-hybridized carbons (Fsp3) is 0.947. The lowest BCUT2D eigenvalue weighted by Gasteiger charge is -2.09. The first kappa shape index (κ1) is 24.3. The van der Waals surface area contributed by atoms with Gasteiger partial charge in [0, 0.05) is 6.42 Å². The van der Waals surface area contributed by atoms with Crippen molar-refractivity contribution in [2.24, 2.45) is 0 Å². The highest BCUT2D eigenvalue weighted by Crippen LogP contribution is 2.05. The Labute approximate surface area is 153 Å². The lowest BCUT2D eigenvalue weighted by molar-refractivity contribution is -0.145. The summed E-state index contributed by atoms with van der Waals surface area (Å²) in [5.41, 5.74) is 0. The van der Waals surface area contributed by atoms with Gasteiger partial charge in [-0.05, 0) is 20.3 Å². The number of unbranched alkanes of at least 4 members (excludes halogenated alkanes) is 4. The van der Waals surface area contributed by atoms with E-state index in [0.29, 0.717) is 59.3 Å². The van der Waals surface area contributed by atoms with Crippen molar-refractivity contribution in [1.29, 1.82) is 0 Å². The van der Waals surface area contributed by atoms with Crippen molar-refractivity contribution in [3.63, 3.8) is 0 Å². The highest BCUT2D eigenvalue weighted by atomic mass is 16.6. The van der Waals surface area contributed by atoms with E-state index in [1.54, 1.807) is 0 Å². The highest BCUT2D eigenvalue weighted by molar-refractivity contribution is 5.69. The molecule has 25 heavy (non-hydrogen) atoms. The van der Waals surface area contributed by atoms with E-state index in [1.807, 2.05) is 13.8 Å². The summed E-state index contributed by atoms with van der Waals surface area (Å²) < 4.78 is 26.6. The summed E-state index contributed by atoms with van der Waals surface area (Å²) in [7, 11) is 0. The Kier molecular flexibility index (Phi) is 19.1. The monoisotopic (exact) mass is 362 g/mol. The Morgan fingerprint density at radius 1 is 0.720 bits per heavy atom. The van der Waals surface area contributed by atoms with Crippen LogP contribution in [-0.4, -0.2) is 64.9 Å². The van der Waals surface area contributed by atoms with Gasteiger partial charge in [-0.25, -0.2) is 0 Å². The average Bonchev–Trinajstić information content (AvgIpc) is 2.58. The van der Waals surface area contributed by atoms with Crippen LogP contribution < -0.4 is 0 Å². The van der Waals surface area contributed by atoms with Crippen LogP contribution in [0.2, 0.25) is 0 Å². The van der Waals surface area contributed by atoms with E-state index in [2.05, 4.69) is 6.92 Å². The zero-order chi connectivity index (χ0) is 18.6. The number of hydrogen-bond acceptors (Lipinski definition) is 6. The van der Waals surface area contributed by atoms with Crippen LogP contribution in [0.3, 0.4) is 0 Å². The lowest BCUT2D eigenvalue weighted by atomic mass is 10.1. The quantitative estimate of drug-likeness (QED) is 0.259. The second-order valence-electron chi connectivity index (χ2n) is 6.14. The smallest absolute Gasteiger partial charge is 0.305 e. The number of hydrogen-bond donors (Lipinski definition) is 0. The number of rotatable bonds is 19.